The van der Waals surface area contributed by atoms with E-state index >= 15 is 0 Å². The first-order valence-electron chi connectivity index (χ1n) is 10.5. The average molecular weight is 388 g/mol. The van der Waals surface area contributed by atoms with Gasteiger partial charge < -0.3 is 5.73 Å². The van der Waals surface area contributed by atoms with Crippen molar-refractivity contribution in [2.45, 2.75) is 50.4 Å². The molecule has 29 heavy (non-hydrogen) atoms. The molecule has 2 fully saturated rings. The molecule has 2 N–H and O–H groups in total. The number of rotatable bonds is 3. The van der Waals surface area contributed by atoms with Crippen LogP contribution in [0.1, 0.15) is 71.8 Å². The van der Waals surface area contributed by atoms with Crippen LogP contribution in [-0.2, 0) is 0 Å². The molecular weight excluding hydrogens is 363 g/mol. The molecule has 1 aromatic heterocycles. The number of primary amides is 1. The van der Waals surface area contributed by atoms with E-state index in [0.29, 0.717) is 17.4 Å². The first-order valence-corrected chi connectivity index (χ1v) is 10.5. The van der Waals surface area contributed by atoms with Crippen LogP contribution in [0.3, 0.4) is 0 Å². The van der Waals surface area contributed by atoms with Crippen LogP contribution in [0.15, 0.2) is 54.7 Å². The summed E-state index contributed by atoms with van der Waals surface area (Å²) in [6.45, 7) is 0. The molecule has 0 saturated heterocycles. The summed E-state index contributed by atoms with van der Waals surface area (Å²) in [4.78, 5) is 16.3. The van der Waals surface area contributed by atoms with Gasteiger partial charge in [-0.25, -0.2) is 4.39 Å². The molecular formula is C25H25FN2O. The summed E-state index contributed by atoms with van der Waals surface area (Å²) in [5.41, 5.74) is 9.79. The molecule has 2 aliphatic carbocycles. The summed E-state index contributed by atoms with van der Waals surface area (Å²) in [6.07, 6.45) is 8.62. The maximum absolute atomic E-state index is 13.8. The summed E-state index contributed by atoms with van der Waals surface area (Å²) in [6, 6.07) is 14.8. The fraction of sp³-hybridized carbons (Fsp3) is 0.360. The van der Waals surface area contributed by atoms with Gasteiger partial charge in [0.05, 0.1) is 5.52 Å². The number of amides is 1. The van der Waals surface area contributed by atoms with Crippen LogP contribution in [0.5, 0.6) is 0 Å². The van der Waals surface area contributed by atoms with E-state index in [1.54, 1.807) is 12.1 Å². The fourth-order valence-corrected chi connectivity index (χ4v) is 5.81. The minimum atomic E-state index is -0.332. The summed E-state index contributed by atoms with van der Waals surface area (Å²) in [5.74, 6) is 0.308. The molecule has 2 aromatic carbocycles. The van der Waals surface area contributed by atoms with Crippen LogP contribution in [-0.4, -0.2) is 10.9 Å². The van der Waals surface area contributed by atoms with Crippen molar-refractivity contribution in [3.05, 3.63) is 77.2 Å². The number of benzene rings is 2. The largest absolute Gasteiger partial charge is 0.366 e. The van der Waals surface area contributed by atoms with Crippen LogP contribution < -0.4 is 5.73 Å². The van der Waals surface area contributed by atoms with Gasteiger partial charge >= 0.3 is 0 Å². The minimum absolute atomic E-state index is 0.207. The van der Waals surface area contributed by atoms with Gasteiger partial charge in [0.1, 0.15) is 5.82 Å². The van der Waals surface area contributed by atoms with Crippen molar-refractivity contribution in [2.75, 3.05) is 0 Å². The second-order valence-electron chi connectivity index (χ2n) is 8.74. The van der Waals surface area contributed by atoms with E-state index in [4.69, 9.17) is 5.73 Å². The average Bonchev–Trinajstić information content (AvgIpc) is 2.73. The monoisotopic (exact) mass is 388 g/mol. The molecule has 1 amide bonds. The number of aromatic nitrogens is 1. The number of hydrogen-bond acceptors (Lipinski definition) is 2. The number of nitrogens with two attached hydrogens (primary N) is 1. The third-order valence-electron chi connectivity index (χ3n) is 7.43. The lowest BCUT2D eigenvalue weighted by atomic mass is 9.50. The van der Waals surface area contributed by atoms with Gasteiger partial charge in [-0.05, 0) is 97.2 Å². The number of halogens is 1. The summed E-state index contributed by atoms with van der Waals surface area (Å²) in [5, 5.41) is 0.942. The zero-order chi connectivity index (χ0) is 20.0. The standard InChI is InChI=1S/C25H25FN2O/c26-17-5-6-23-21(15-17)18(10-14-28-23)16-7-11-25(12-8-16)13-9-22(25)19-3-1-2-4-20(19)24(27)29/h1-6,10,14-16,22H,7-9,11-13H2,(H2,27,29). The number of pyridine rings is 1. The van der Waals surface area contributed by atoms with E-state index in [0.717, 1.165) is 48.6 Å². The molecule has 2 saturated carbocycles. The van der Waals surface area contributed by atoms with Crippen molar-refractivity contribution >= 4 is 16.8 Å². The molecule has 0 bridgehead atoms. The lowest BCUT2D eigenvalue weighted by Gasteiger charge is -2.54. The Hall–Kier alpha value is -2.75. The van der Waals surface area contributed by atoms with Crippen molar-refractivity contribution in [1.29, 1.82) is 0 Å². The molecule has 5 rings (SSSR count). The SMILES string of the molecule is NC(=O)c1ccccc1C1CCC12CCC(c1ccnc3ccc(F)cc13)CC2. The van der Waals surface area contributed by atoms with Gasteiger partial charge in [0.15, 0.2) is 0 Å². The molecule has 1 atom stereocenters. The van der Waals surface area contributed by atoms with Gasteiger partial charge in [-0.1, -0.05) is 18.2 Å². The highest BCUT2D eigenvalue weighted by Gasteiger charge is 2.49. The fourth-order valence-electron chi connectivity index (χ4n) is 5.81. The van der Waals surface area contributed by atoms with E-state index in [2.05, 4.69) is 17.1 Å². The van der Waals surface area contributed by atoms with E-state index in [9.17, 15) is 9.18 Å². The van der Waals surface area contributed by atoms with Crippen LogP contribution in [0, 0.1) is 11.2 Å². The lowest BCUT2D eigenvalue weighted by Crippen LogP contribution is -2.42. The van der Waals surface area contributed by atoms with Crippen molar-refractivity contribution < 1.29 is 9.18 Å². The molecule has 1 spiro atoms. The Kier molecular flexibility index (Phi) is 4.38. The van der Waals surface area contributed by atoms with Gasteiger partial charge in [-0.2, -0.15) is 0 Å². The Labute approximate surface area is 170 Å². The Morgan fingerprint density at radius 1 is 1.00 bits per heavy atom. The maximum Gasteiger partial charge on any atom is 0.248 e. The number of fused-ring (bicyclic) bond motifs is 1. The highest BCUT2D eigenvalue weighted by molar-refractivity contribution is 5.94. The topological polar surface area (TPSA) is 56.0 Å². The van der Waals surface area contributed by atoms with Crippen molar-refractivity contribution in [1.82, 2.24) is 4.98 Å². The van der Waals surface area contributed by atoms with Crippen LogP contribution in [0.4, 0.5) is 4.39 Å². The predicted octanol–water partition coefficient (Wildman–Crippen LogP) is 5.69. The van der Waals surface area contributed by atoms with E-state index < -0.39 is 0 Å². The van der Waals surface area contributed by atoms with Crippen molar-refractivity contribution in [3.63, 3.8) is 0 Å². The van der Waals surface area contributed by atoms with E-state index in [-0.39, 0.29) is 17.1 Å². The molecule has 0 aliphatic heterocycles. The lowest BCUT2D eigenvalue weighted by molar-refractivity contribution is 0.0344. The molecule has 1 unspecified atom stereocenters. The zero-order valence-corrected chi connectivity index (χ0v) is 16.4. The Morgan fingerprint density at radius 2 is 1.76 bits per heavy atom. The van der Waals surface area contributed by atoms with Gasteiger partial charge in [0, 0.05) is 17.1 Å². The minimum Gasteiger partial charge on any atom is -0.366 e. The van der Waals surface area contributed by atoms with Crippen molar-refractivity contribution in [2.24, 2.45) is 11.1 Å². The van der Waals surface area contributed by atoms with E-state index in [1.807, 2.05) is 24.4 Å². The van der Waals surface area contributed by atoms with Crippen LogP contribution in [0.2, 0.25) is 0 Å². The van der Waals surface area contributed by atoms with Crippen molar-refractivity contribution in [3.8, 4) is 0 Å². The molecule has 3 aromatic rings. The second kappa shape index (κ2) is 6.94. The van der Waals surface area contributed by atoms with Crippen LogP contribution >= 0.6 is 0 Å². The van der Waals surface area contributed by atoms with E-state index in [1.165, 1.54) is 18.1 Å². The summed E-state index contributed by atoms with van der Waals surface area (Å²) in [7, 11) is 0. The van der Waals surface area contributed by atoms with Gasteiger partial charge in [-0.3, -0.25) is 9.78 Å². The summed E-state index contributed by atoms with van der Waals surface area (Å²) >= 11 is 0. The molecule has 1 heterocycles. The number of hydrogen-bond donors (Lipinski definition) is 1. The molecule has 0 radical (unpaired) electrons. The number of carbonyl (C=O) groups is 1. The Balaban J connectivity index is 1.40. The zero-order valence-electron chi connectivity index (χ0n) is 16.4. The number of nitrogens with zero attached hydrogens (tertiary/aromatic N) is 1. The van der Waals surface area contributed by atoms with Gasteiger partial charge in [-0.15, -0.1) is 0 Å². The van der Waals surface area contributed by atoms with Gasteiger partial charge in [0.25, 0.3) is 0 Å². The molecule has 3 nitrogen and oxygen atoms in total. The molecule has 4 heteroatoms. The predicted molar refractivity (Wildman–Crippen MR) is 112 cm³/mol. The van der Waals surface area contributed by atoms with Crippen LogP contribution in [0.25, 0.3) is 10.9 Å². The second-order valence-corrected chi connectivity index (χ2v) is 8.74. The normalized spacial score (nSPS) is 26.4. The molecule has 148 valence electrons. The molecule has 2 aliphatic rings. The first-order chi connectivity index (χ1) is 14.1. The van der Waals surface area contributed by atoms with Gasteiger partial charge in [0.2, 0.25) is 5.91 Å². The highest BCUT2D eigenvalue weighted by atomic mass is 19.1. The maximum atomic E-state index is 13.8. The third kappa shape index (κ3) is 3.02. The quantitative estimate of drug-likeness (QED) is 0.626. The smallest absolute Gasteiger partial charge is 0.248 e. The number of carbonyl (C=O) groups excluding carboxylic acids is 1. The Morgan fingerprint density at radius 3 is 2.48 bits per heavy atom. The first kappa shape index (κ1) is 18.3. The third-order valence-corrected chi connectivity index (χ3v) is 7.43. The summed E-state index contributed by atoms with van der Waals surface area (Å²) < 4.78 is 13.8. The Bertz CT molecular complexity index is 1090. The highest BCUT2D eigenvalue weighted by Crippen LogP contribution is 2.62.